The third kappa shape index (κ3) is 7.91. The van der Waals surface area contributed by atoms with Crippen LogP contribution in [0.4, 0.5) is 0 Å². The van der Waals surface area contributed by atoms with E-state index in [9.17, 15) is 4.79 Å². The van der Waals surface area contributed by atoms with Crippen LogP contribution in [0.1, 0.15) is 33.4 Å². The van der Waals surface area contributed by atoms with E-state index in [2.05, 4.69) is 25.9 Å². The van der Waals surface area contributed by atoms with E-state index in [1.165, 1.54) is 0 Å². The number of amides is 1. The molecule has 0 aromatic carbocycles. The van der Waals surface area contributed by atoms with Crippen molar-refractivity contribution >= 4 is 11.9 Å². The number of nitrogens with zero attached hydrogens (tertiary/aromatic N) is 2. The predicted octanol–water partition coefficient (Wildman–Crippen LogP) is 1.05. The standard InChI is InChI=1S/C15H25N5O/c1-5-16-14(18-10-12-8-6-7-9-17-12)19-11-13(21)20-15(2,3)4/h6-9H,5,10-11H2,1-4H3,(H,20,21)(H2,16,18,19). The summed E-state index contributed by atoms with van der Waals surface area (Å²) >= 11 is 0. The molecular weight excluding hydrogens is 266 g/mol. The van der Waals surface area contributed by atoms with E-state index in [-0.39, 0.29) is 18.0 Å². The Morgan fingerprint density at radius 2 is 2.05 bits per heavy atom. The van der Waals surface area contributed by atoms with Crippen LogP contribution in [0, 0.1) is 0 Å². The fraction of sp³-hybridized carbons (Fsp3) is 0.533. The number of guanidine groups is 1. The number of hydrogen-bond donors (Lipinski definition) is 3. The maximum absolute atomic E-state index is 11.8. The molecule has 21 heavy (non-hydrogen) atoms. The average molecular weight is 291 g/mol. The summed E-state index contributed by atoms with van der Waals surface area (Å²) in [6, 6.07) is 5.71. The molecule has 1 amide bonds. The Kier molecular flexibility index (Phi) is 6.65. The lowest BCUT2D eigenvalue weighted by Crippen LogP contribution is -2.48. The van der Waals surface area contributed by atoms with Crippen LogP contribution in [0.5, 0.6) is 0 Å². The molecule has 0 aliphatic heterocycles. The fourth-order valence-corrected chi connectivity index (χ4v) is 1.62. The molecule has 0 saturated heterocycles. The van der Waals surface area contributed by atoms with E-state index in [1.807, 2.05) is 45.9 Å². The third-order valence-corrected chi connectivity index (χ3v) is 2.40. The maximum Gasteiger partial charge on any atom is 0.239 e. The van der Waals surface area contributed by atoms with Gasteiger partial charge in [-0.05, 0) is 39.8 Å². The van der Waals surface area contributed by atoms with Gasteiger partial charge in [-0.3, -0.25) is 9.78 Å². The lowest BCUT2D eigenvalue weighted by Gasteiger charge is -2.21. The summed E-state index contributed by atoms with van der Waals surface area (Å²) in [5.41, 5.74) is 0.649. The summed E-state index contributed by atoms with van der Waals surface area (Å²) in [4.78, 5) is 20.4. The van der Waals surface area contributed by atoms with Gasteiger partial charge in [-0.2, -0.15) is 0 Å². The van der Waals surface area contributed by atoms with Crippen LogP contribution in [0.2, 0.25) is 0 Å². The van der Waals surface area contributed by atoms with Crippen molar-refractivity contribution in [2.45, 2.75) is 39.8 Å². The van der Waals surface area contributed by atoms with Crippen LogP contribution in [0.15, 0.2) is 29.4 Å². The van der Waals surface area contributed by atoms with Crippen LogP contribution in [-0.2, 0) is 11.3 Å². The largest absolute Gasteiger partial charge is 0.357 e. The molecule has 0 spiro atoms. The van der Waals surface area contributed by atoms with Gasteiger partial charge in [0.2, 0.25) is 5.91 Å². The van der Waals surface area contributed by atoms with Gasteiger partial charge < -0.3 is 16.0 Å². The van der Waals surface area contributed by atoms with Gasteiger partial charge in [-0.15, -0.1) is 0 Å². The van der Waals surface area contributed by atoms with Crippen molar-refractivity contribution < 1.29 is 4.79 Å². The molecule has 6 heteroatoms. The van der Waals surface area contributed by atoms with Crippen LogP contribution in [0.3, 0.4) is 0 Å². The first-order chi connectivity index (χ1) is 9.90. The number of aromatic nitrogens is 1. The number of pyridine rings is 1. The topological polar surface area (TPSA) is 78.4 Å². The summed E-state index contributed by atoms with van der Waals surface area (Å²) in [5.74, 6) is 0.540. The molecule has 1 aromatic heterocycles. The zero-order chi connectivity index (χ0) is 15.7. The lowest BCUT2D eigenvalue weighted by atomic mass is 10.1. The van der Waals surface area contributed by atoms with Crippen LogP contribution in [-0.4, -0.2) is 35.5 Å². The summed E-state index contributed by atoms with van der Waals surface area (Å²) in [5, 5.41) is 9.01. The van der Waals surface area contributed by atoms with E-state index >= 15 is 0 Å². The second kappa shape index (κ2) is 8.24. The van der Waals surface area contributed by atoms with Crippen LogP contribution in [0.25, 0.3) is 0 Å². The van der Waals surface area contributed by atoms with Crippen molar-refractivity contribution in [2.24, 2.45) is 4.99 Å². The number of nitrogens with one attached hydrogen (secondary N) is 3. The summed E-state index contributed by atoms with van der Waals surface area (Å²) in [6.45, 7) is 9.21. The van der Waals surface area contributed by atoms with Crippen LogP contribution < -0.4 is 16.0 Å². The molecule has 3 N–H and O–H groups in total. The minimum absolute atomic E-state index is 0.0639. The Morgan fingerprint density at radius 3 is 2.62 bits per heavy atom. The van der Waals surface area contributed by atoms with Crippen molar-refractivity contribution in [3.63, 3.8) is 0 Å². The molecule has 0 fully saturated rings. The highest BCUT2D eigenvalue weighted by Gasteiger charge is 2.13. The molecule has 0 atom stereocenters. The molecule has 0 saturated carbocycles. The highest BCUT2D eigenvalue weighted by Crippen LogP contribution is 1.97. The van der Waals surface area contributed by atoms with Gasteiger partial charge >= 0.3 is 0 Å². The molecule has 0 unspecified atom stereocenters. The van der Waals surface area contributed by atoms with E-state index in [1.54, 1.807) is 6.20 Å². The zero-order valence-corrected chi connectivity index (χ0v) is 13.2. The van der Waals surface area contributed by atoms with Gasteiger partial charge in [-0.1, -0.05) is 6.07 Å². The molecule has 0 radical (unpaired) electrons. The normalized spacial score (nSPS) is 11.9. The molecular formula is C15H25N5O. The van der Waals surface area contributed by atoms with Crippen molar-refractivity contribution in [1.82, 2.24) is 20.9 Å². The molecule has 0 aliphatic rings. The van der Waals surface area contributed by atoms with E-state index < -0.39 is 0 Å². The second-order valence-electron chi connectivity index (χ2n) is 5.67. The highest BCUT2D eigenvalue weighted by atomic mass is 16.2. The number of hydrogen-bond acceptors (Lipinski definition) is 3. The van der Waals surface area contributed by atoms with Gasteiger partial charge in [-0.25, -0.2) is 4.99 Å². The highest BCUT2D eigenvalue weighted by molar-refractivity contribution is 5.86. The predicted molar refractivity (Wildman–Crippen MR) is 85.0 cm³/mol. The Balaban J connectivity index is 2.51. The monoisotopic (exact) mass is 291 g/mol. The Hall–Kier alpha value is -2.11. The van der Waals surface area contributed by atoms with Gasteiger partial charge in [0.15, 0.2) is 5.96 Å². The first kappa shape index (κ1) is 16.9. The quantitative estimate of drug-likeness (QED) is 0.560. The first-order valence-corrected chi connectivity index (χ1v) is 7.14. The number of rotatable bonds is 5. The van der Waals surface area contributed by atoms with Gasteiger partial charge in [0.25, 0.3) is 0 Å². The molecule has 1 heterocycles. The number of carbonyl (C=O) groups is 1. The van der Waals surface area contributed by atoms with Gasteiger partial charge in [0, 0.05) is 18.3 Å². The smallest absolute Gasteiger partial charge is 0.239 e. The first-order valence-electron chi connectivity index (χ1n) is 7.14. The number of carbonyl (C=O) groups excluding carboxylic acids is 1. The average Bonchev–Trinajstić information content (AvgIpc) is 2.41. The molecule has 6 nitrogen and oxygen atoms in total. The lowest BCUT2D eigenvalue weighted by molar-refractivity contribution is -0.121. The Morgan fingerprint density at radius 1 is 1.29 bits per heavy atom. The zero-order valence-electron chi connectivity index (χ0n) is 13.2. The fourth-order valence-electron chi connectivity index (χ4n) is 1.62. The van der Waals surface area contributed by atoms with E-state index in [0.717, 1.165) is 12.2 Å². The van der Waals surface area contributed by atoms with E-state index in [0.29, 0.717) is 12.5 Å². The molecule has 0 aliphatic carbocycles. The van der Waals surface area contributed by atoms with Crippen molar-refractivity contribution in [2.75, 3.05) is 13.1 Å². The van der Waals surface area contributed by atoms with Crippen molar-refractivity contribution in [3.8, 4) is 0 Å². The SMILES string of the molecule is CCNC(=NCc1ccccn1)NCC(=O)NC(C)(C)C. The number of aliphatic imine (C=N–C) groups is 1. The van der Waals surface area contributed by atoms with Gasteiger partial charge in [0.1, 0.15) is 0 Å². The van der Waals surface area contributed by atoms with Crippen molar-refractivity contribution in [3.05, 3.63) is 30.1 Å². The molecule has 0 bridgehead atoms. The summed E-state index contributed by atoms with van der Waals surface area (Å²) < 4.78 is 0. The molecule has 116 valence electrons. The third-order valence-electron chi connectivity index (χ3n) is 2.40. The van der Waals surface area contributed by atoms with Crippen LogP contribution >= 0.6 is 0 Å². The summed E-state index contributed by atoms with van der Waals surface area (Å²) in [7, 11) is 0. The Labute approximate surface area is 126 Å². The molecule has 1 rings (SSSR count). The second-order valence-corrected chi connectivity index (χ2v) is 5.67. The van der Waals surface area contributed by atoms with E-state index in [4.69, 9.17) is 0 Å². The minimum Gasteiger partial charge on any atom is -0.357 e. The van der Waals surface area contributed by atoms with Gasteiger partial charge in [0.05, 0.1) is 18.8 Å². The maximum atomic E-state index is 11.8. The molecule has 1 aromatic rings. The Bertz CT molecular complexity index is 465. The minimum atomic E-state index is -0.234. The summed E-state index contributed by atoms with van der Waals surface area (Å²) in [6.07, 6.45) is 1.74. The van der Waals surface area contributed by atoms with Crippen molar-refractivity contribution in [1.29, 1.82) is 0 Å².